The van der Waals surface area contributed by atoms with E-state index in [0.717, 1.165) is 17.7 Å². The van der Waals surface area contributed by atoms with Gasteiger partial charge in [0.1, 0.15) is 11.9 Å². The van der Waals surface area contributed by atoms with Gasteiger partial charge in [-0.3, -0.25) is 0 Å². The fourth-order valence-corrected chi connectivity index (χ4v) is 2.56. The number of aryl methyl sites for hydroxylation is 1. The van der Waals surface area contributed by atoms with E-state index >= 15 is 0 Å². The molecule has 2 aromatic rings. The van der Waals surface area contributed by atoms with Gasteiger partial charge in [-0.05, 0) is 39.7 Å². The van der Waals surface area contributed by atoms with Crippen molar-refractivity contribution in [3.05, 3.63) is 29.9 Å². The van der Waals surface area contributed by atoms with Gasteiger partial charge in [-0.25, -0.2) is 14.3 Å². The normalized spacial score (nSPS) is 15.7. The van der Waals surface area contributed by atoms with Gasteiger partial charge in [-0.15, -0.1) is 0 Å². The van der Waals surface area contributed by atoms with Crippen molar-refractivity contribution in [3.8, 4) is 0 Å². The van der Waals surface area contributed by atoms with Crippen molar-refractivity contribution in [2.24, 2.45) is 0 Å². The third-order valence-corrected chi connectivity index (χ3v) is 3.67. The standard InChI is InChI=1S/C16H21N5O2/c1-11-13(9-21-14(19-11)17-10-18-21)12-5-7-20(8-6-12)15(22)23-16(2,3)4/h5,9-10H,6-8H2,1-4H3. The Hall–Kier alpha value is -2.44. The van der Waals surface area contributed by atoms with Gasteiger partial charge in [-0.2, -0.15) is 10.1 Å². The molecule has 0 saturated heterocycles. The molecule has 0 fully saturated rings. The third kappa shape index (κ3) is 3.33. The maximum Gasteiger partial charge on any atom is 0.410 e. The molecule has 1 amide bonds. The zero-order chi connectivity index (χ0) is 16.6. The Labute approximate surface area is 135 Å². The van der Waals surface area contributed by atoms with Gasteiger partial charge in [0.15, 0.2) is 0 Å². The molecule has 7 heteroatoms. The number of carbonyl (C=O) groups excluding carboxylic acids is 1. The van der Waals surface area contributed by atoms with Crippen LogP contribution in [0.15, 0.2) is 18.6 Å². The van der Waals surface area contributed by atoms with Crippen molar-refractivity contribution in [2.45, 2.75) is 39.7 Å². The lowest BCUT2D eigenvalue weighted by molar-refractivity contribution is 0.0270. The Morgan fingerprint density at radius 3 is 2.78 bits per heavy atom. The second-order valence-electron chi connectivity index (χ2n) is 6.65. The second-order valence-corrected chi connectivity index (χ2v) is 6.65. The van der Waals surface area contributed by atoms with Crippen LogP contribution in [0.1, 0.15) is 38.4 Å². The van der Waals surface area contributed by atoms with Crippen molar-refractivity contribution >= 4 is 17.4 Å². The van der Waals surface area contributed by atoms with Crippen LogP contribution in [0.4, 0.5) is 4.79 Å². The lowest BCUT2D eigenvalue weighted by atomic mass is 10.00. The van der Waals surface area contributed by atoms with E-state index in [9.17, 15) is 4.79 Å². The number of hydrogen-bond acceptors (Lipinski definition) is 5. The topological polar surface area (TPSA) is 72.6 Å². The van der Waals surface area contributed by atoms with E-state index in [4.69, 9.17) is 4.74 Å². The SMILES string of the molecule is Cc1nc2ncnn2cc1C1=CCN(C(=O)OC(C)(C)C)CC1. The number of fused-ring (bicyclic) bond motifs is 1. The summed E-state index contributed by atoms with van der Waals surface area (Å²) in [5.74, 6) is 0.595. The summed E-state index contributed by atoms with van der Waals surface area (Å²) in [6.45, 7) is 8.76. The molecule has 23 heavy (non-hydrogen) atoms. The molecule has 1 aliphatic heterocycles. The van der Waals surface area contributed by atoms with Gasteiger partial charge in [0.05, 0.1) is 5.69 Å². The maximum atomic E-state index is 12.1. The molecule has 0 saturated carbocycles. The smallest absolute Gasteiger partial charge is 0.410 e. The monoisotopic (exact) mass is 315 g/mol. The summed E-state index contributed by atoms with van der Waals surface area (Å²) in [4.78, 5) is 22.4. The molecule has 0 radical (unpaired) electrons. The van der Waals surface area contributed by atoms with Crippen molar-refractivity contribution in [1.82, 2.24) is 24.5 Å². The van der Waals surface area contributed by atoms with E-state index in [1.165, 1.54) is 11.9 Å². The van der Waals surface area contributed by atoms with E-state index in [-0.39, 0.29) is 6.09 Å². The fourth-order valence-electron chi connectivity index (χ4n) is 2.56. The first-order chi connectivity index (χ1) is 10.8. The Morgan fingerprint density at radius 1 is 1.35 bits per heavy atom. The minimum atomic E-state index is -0.473. The summed E-state index contributed by atoms with van der Waals surface area (Å²) in [7, 11) is 0. The molecule has 0 aromatic carbocycles. The van der Waals surface area contributed by atoms with Crippen LogP contribution < -0.4 is 0 Å². The summed E-state index contributed by atoms with van der Waals surface area (Å²) in [5.41, 5.74) is 2.67. The van der Waals surface area contributed by atoms with Crippen molar-refractivity contribution in [1.29, 1.82) is 0 Å². The van der Waals surface area contributed by atoms with Crippen molar-refractivity contribution in [3.63, 3.8) is 0 Å². The molecule has 0 bridgehead atoms. The molecule has 0 spiro atoms. The van der Waals surface area contributed by atoms with Crippen LogP contribution in [0.3, 0.4) is 0 Å². The van der Waals surface area contributed by atoms with E-state index in [0.29, 0.717) is 18.9 Å². The lowest BCUT2D eigenvalue weighted by Crippen LogP contribution is -2.39. The van der Waals surface area contributed by atoms with E-state index < -0.39 is 5.60 Å². The van der Waals surface area contributed by atoms with Gasteiger partial charge in [0.2, 0.25) is 0 Å². The number of nitrogens with zero attached hydrogens (tertiary/aromatic N) is 5. The van der Waals surface area contributed by atoms with E-state index in [2.05, 4.69) is 21.1 Å². The number of amides is 1. The quantitative estimate of drug-likeness (QED) is 0.808. The zero-order valence-electron chi connectivity index (χ0n) is 13.9. The highest BCUT2D eigenvalue weighted by Crippen LogP contribution is 2.25. The lowest BCUT2D eigenvalue weighted by Gasteiger charge is -2.29. The number of hydrogen-bond donors (Lipinski definition) is 0. The van der Waals surface area contributed by atoms with Gasteiger partial charge in [0.25, 0.3) is 5.78 Å². The van der Waals surface area contributed by atoms with E-state index in [1.807, 2.05) is 33.9 Å². The van der Waals surface area contributed by atoms with Gasteiger partial charge < -0.3 is 9.64 Å². The number of ether oxygens (including phenoxy) is 1. The molecule has 3 rings (SSSR count). The van der Waals surface area contributed by atoms with Crippen LogP contribution in [-0.2, 0) is 4.74 Å². The van der Waals surface area contributed by atoms with Crippen LogP contribution in [0.2, 0.25) is 0 Å². The molecule has 3 heterocycles. The highest BCUT2D eigenvalue weighted by Gasteiger charge is 2.24. The second kappa shape index (κ2) is 5.64. The highest BCUT2D eigenvalue weighted by molar-refractivity contribution is 5.73. The molecule has 0 atom stereocenters. The average Bonchev–Trinajstić information content (AvgIpc) is 2.92. The average molecular weight is 315 g/mol. The summed E-state index contributed by atoms with van der Waals surface area (Å²) >= 11 is 0. The highest BCUT2D eigenvalue weighted by atomic mass is 16.6. The first kappa shape index (κ1) is 15.5. The summed E-state index contributed by atoms with van der Waals surface area (Å²) in [6, 6.07) is 0. The maximum absolute atomic E-state index is 12.1. The molecule has 0 unspecified atom stereocenters. The minimum absolute atomic E-state index is 0.269. The zero-order valence-corrected chi connectivity index (χ0v) is 13.9. The first-order valence-corrected chi connectivity index (χ1v) is 7.68. The molecular weight excluding hydrogens is 294 g/mol. The summed E-state index contributed by atoms with van der Waals surface area (Å²) in [6.07, 6.45) is 5.99. The van der Waals surface area contributed by atoms with E-state index in [1.54, 1.807) is 9.42 Å². The Balaban J connectivity index is 1.77. The third-order valence-electron chi connectivity index (χ3n) is 3.67. The summed E-state index contributed by atoms with van der Waals surface area (Å²) in [5, 5.41) is 4.13. The Kier molecular flexibility index (Phi) is 3.79. The predicted octanol–water partition coefficient (Wildman–Crippen LogP) is 2.46. The molecule has 1 aliphatic rings. The van der Waals surface area contributed by atoms with Crippen LogP contribution in [0.25, 0.3) is 11.4 Å². The molecular formula is C16H21N5O2. The van der Waals surface area contributed by atoms with Gasteiger partial charge in [0, 0.05) is 24.8 Å². The van der Waals surface area contributed by atoms with Crippen LogP contribution in [0, 0.1) is 6.92 Å². The fraction of sp³-hybridized carbons (Fsp3) is 0.500. The molecule has 122 valence electrons. The first-order valence-electron chi connectivity index (χ1n) is 7.68. The number of carbonyl (C=O) groups is 1. The molecule has 0 aliphatic carbocycles. The molecule has 2 aromatic heterocycles. The predicted molar refractivity (Wildman–Crippen MR) is 85.9 cm³/mol. The van der Waals surface area contributed by atoms with Gasteiger partial charge in [-0.1, -0.05) is 6.08 Å². The Morgan fingerprint density at radius 2 is 2.13 bits per heavy atom. The molecule has 0 N–H and O–H groups in total. The van der Waals surface area contributed by atoms with Crippen molar-refractivity contribution in [2.75, 3.05) is 13.1 Å². The van der Waals surface area contributed by atoms with Crippen LogP contribution >= 0.6 is 0 Å². The minimum Gasteiger partial charge on any atom is -0.444 e. The number of rotatable bonds is 1. The van der Waals surface area contributed by atoms with Crippen LogP contribution in [0.5, 0.6) is 0 Å². The van der Waals surface area contributed by atoms with Crippen LogP contribution in [-0.4, -0.2) is 49.3 Å². The summed E-state index contributed by atoms with van der Waals surface area (Å²) < 4.78 is 7.08. The van der Waals surface area contributed by atoms with Gasteiger partial charge >= 0.3 is 6.09 Å². The molecule has 7 nitrogen and oxygen atoms in total. The Bertz CT molecular complexity index is 772. The number of aromatic nitrogens is 4. The van der Waals surface area contributed by atoms with Crippen molar-refractivity contribution < 1.29 is 9.53 Å². The largest absolute Gasteiger partial charge is 0.444 e.